The molecule has 0 aromatic carbocycles. The second kappa shape index (κ2) is 5.45. The van der Waals surface area contributed by atoms with E-state index in [-0.39, 0.29) is 0 Å². The summed E-state index contributed by atoms with van der Waals surface area (Å²) in [6.07, 6.45) is 3.55. The summed E-state index contributed by atoms with van der Waals surface area (Å²) in [7, 11) is 0. The molecule has 1 nitrogen and oxygen atoms in total. The fraction of sp³-hybridized carbons (Fsp3) is 0.889. The first-order chi connectivity index (χ1) is 4.70. The molecular formula is C9H19N. The number of hydrogen-bond donors (Lipinski definition) is 0. The minimum absolute atomic E-state index is 0.532. The van der Waals surface area contributed by atoms with Crippen molar-refractivity contribution in [3.8, 4) is 0 Å². The first kappa shape index (κ1) is 9.67. The van der Waals surface area contributed by atoms with E-state index in [4.69, 9.17) is 0 Å². The molecule has 0 aromatic rings. The van der Waals surface area contributed by atoms with Crippen LogP contribution in [0.3, 0.4) is 0 Å². The third kappa shape index (κ3) is 4.54. The summed E-state index contributed by atoms with van der Waals surface area (Å²) in [6, 6.07) is 0.532. The predicted octanol–water partition coefficient (Wildman–Crippen LogP) is 3.05. The topological polar surface area (TPSA) is 12.4 Å². The van der Waals surface area contributed by atoms with Gasteiger partial charge >= 0.3 is 0 Å². The standard InChI is InChI=1S/C9H19N/c1-5-7-9(4)10-8(3)6-2/h9H,5-7H2,1-4H3. The van der Waals surface area contributed by atoms with Gasteiger partial charge in [-0.3, -0.25) is 4.99 Å². The van der Waals surface area contributed by atoms with Crippen molar-refractivity contribution >= 4 is 5.71 Å². The maximum Gasteiger partial charge on any atom is 0.0470 e. The van der Waals surface area contributed by atoms with Crippen LogP contribution in [-0.2, 0) is 0 Å². The summed E-state index contributed by atoms with van der Waals surface area (Å²) in [5, 5.41) is 0. The average molecular weight is 141 g/mol. The van der Waals surface area contributed by atoms with Crippen LogP contribution < -0.4 is 0 Å². The van der Waals surface area contributed by atoms with E-state index in [2.05, 4.69) is 32.7 Å². The van der Waals surface area contributed by atoms with Crippen LogP contribution in [0, 0.1) is 0 Å². The molecule has 0 saturated heterocycles. The molecule has 0 fully saturated rings. The summed E-state index contributed by atoms with van der Waals surface area (Å²) in [4.78, 5) is 4.50. The maximum absolute atomic E-state index is 4.50. The van der Waals surface area contributed by atoms with E-state index in [1.54, 1.807) is 0 Å². The van der Waals surface area contributed by atoms with Crippen LogP contribution in [0.5, 0.6) is 0 Å². The van der Waals surface area contributed by atoms with Crippen molar-refractivity contribution in [2.24, 2.45) is 4.99 Å². The largest absolute Gasteiger partial charge is 0.291 e. The number of rotatable bonds is 4. The van der Waals surface area contributed by atoms with E-state index >= 15 is 0 Å². The highest BCUT2D eigenvalue weighted by Gasteiger charge is 1.95. The molecule has 60 valence electrons. The van der Waals surface area contributed by atoms with Crippen molar-refractivity contribution in [3.63, 3.8) is 0 Å². The highest BCUT2D eigenvalue weighted by molar-refractivity contribution is 5.81. The first-order valence-electron chi connectivity index (χ1n) is 4.24. The molecule has 0 N–H and O–H groups in total. The Morgan fingerprint density at radius 3 is 2.40 bits per heavy atom. The van der Waals surface area contributed by atoms with Gasteiger partial charge in [-0.25, -0.2) is 0 Å². The Kier molecular flexibility index (Phi) is 5.27. The van der Waals surface area contributed by atoms with E-state index in [1.165, 1.54) is 18.6 Å². The molecule has 0 bridgehead atoms. The lowest BCUT2D eigenvalue weighted by Crippen LogP contribution is -2.00. The Bertz CT molecular complexity index is 105. The van der Waals surface area contributed by atoms with Gasteiger partial charge in [-0.05, 0) is 26.7 Å². The molecule has 0 radical (unpaired) electrons. The molecule has 10 heavy (non-hydrogen) atoms. The van der Waals surface area contributed by atoms with Crippen LogP contribution in [-0.4, -0.2) is 11.8 Å². The molecule has 1 heteroatoms. The van der Waals surface area contributed by atoms with Crippen LogP contribution in [0.1, 0.15) is 47.0 Å². The Labute approximate surface area is 64.6 Å². The molecule has 0 rings (SSSR count). The van der Waals surface area contributed by atoms with Crippen molar-refractivity contribution < 1.29 is 0 Å². The normalized spacial score (nSPS) is 15.4. The lowest BCUT2D eigenvalue weighted by molar-refractivity contribution is 0.653. The Morgan fingerprint density at radius 1 is 1.40 bits per heavy atom. The zero-order valence-corrected chi connectivity index (χ0v) is 7.65. The van der Waals surface area contributed by atoms with E-state index < -0.39 is 0 Å². The van der Waals surface area contributed by atoms with Crippen molar-refractivity contribution in [2.75, 3.05) is 0 Å². The molecule has 0 aromatic heterocycles. The summed E-state index contributed by atoms with van der Waals surface area (Å²) < 4.78 is 0. The predicted molar refractivity (Wildman–Crippen MR) is 47.8 cm³/mol. The third-order valence-corrected chi connectivity index (χ3v) is 1.66. The summed E-state index contributed by atoms with van der Waals surface area (Å²) in [5.41, 5.74) is 1.28. The van der Waals surface area contributed by atoms with Gasteiger partial charge in [0.1, 0.15) is 0 Å². The van der Waals surface area contributed by atoms with Gasteiger partial charge in [0.2, 0.25) is 0 Å². The lowest BCUT2D eigenvalue weighted by atomic mass is 10.2. The smallest absolute Gasteiger partial charge is 0.0470 e. The fourth-order valence-corrected chi connectivity index (χ4v) is 0.950. The van der Waals surface area contributed by atoms with Crippen LogP contribution in [0.25, 0.3) is 0 Å². The Morgan fingerprint density at radius 2 is 2.00 bits per heavy atom. The molecule has 0 aliphatic carbocycles. The SMILES string of the molecule is CCCC(C)N=C(C)CC. The van der Waals surface area contributed by atoms with Crippen LogP contribution in [0.15, 0.2) is 4.99 Å². The Hall–Kier alpha value is -0.330. The molecule has 0 amide bonds. The second-order valence-corrected chi connectivity index (χ2v) is 2.86. The molecule has 0 heterocycles. The van der Waals surface area contributed by atoms with E-state index in [0.29, 0.717) is 6.04 Å². The molecule has 1 unspecified atom stereocenters. The van der Waals surface area contributed by atoms with Gasteiger partial charge in [-0.15, -0.1) is 0 Å². The first-order valence-corrected chi connectivity index (χ1v) is 4.24. The zero-order chi connectivity index (χ0) is 7.98. The van der Waals surface area contributed by atoms with E-state index in [1.807, 2.05) is 0 Å². The quantitative estimate of drug-likeness (QED) is 0.534. The molecule has 0 aliphatic heterocycles. The second-order valence-electron chi connectivity index (χ2n) is 2.86. The Balaban J connectivity index is 3.62. The van der Waals surface area contributed by atoms with Crippen molar-refractivity contribution in [1.29, 1.82) is 0 Å². The lowest BCUT2D eigenvalue weighted by Gasteiger charge is -2.04. The fourth-order valence-electron chi connectivity index (χ4n) is 0.950. The molecule has 0 saturated carbocycles. The maximum atomic E-state index is 4.50. The van der Waals surface area contributed by atoms with Crippen LogP contribution in [0.2, 0.25) is 0 Å². The van der Waals surface area contributed by atoms with E-state index in [0.717, 1.165) is 6.42 Å². The van der Waals surface area contributed by atoms with Gasteiger partial charge in [0.05, 0.1) is 0 Å². The number of hydrogen-bond acceptors (Lipinski definition) is 1. The highest BCUT2D eigenvalue weighted by atomic mass is 14.8. The minimum atomic E-state index is 0.532. The van der Waals surface area contributed by atoms with Crippen LogP contribution in [0.4, 0.5) is 0 Å². The highest BCUT2D eigenvalue weighted by Crippen LogP contribution is 2.01. The van der Waals surface area contributed by atoms with Gasteiger partial charge in [0.15, 0.2) is 0 Å². The number of nitrogens with zero attached hydrogens (tertiary/aromatic N) is 1. The molecule has 0 aliphatic rings. The van der Waals surface area contributed by atoms with Crippen molar-refractivity contribution in [2.45, 2.75) is 53.0 Å². The monoisotopic (exact) mass is 141 g/mol. The van der Waals surface area contributed by atoms with Crippen molar-refractivity contribution in [3.05, 3.63) is 0 Å². The zero-order valence-electron chi connectivity index (χ0n) is 7.65. The molecule has 0 spiro atoms. The summed E-state index contributed by atoms with van der Waals surface area (Å²) in [6.45, 7) is 8.64. The average Bonchev–Trinajstić information content (AvgIpc) is 1.88. The summed E-state index contributed by atoms with van der Waals surface area (Å²) >= 11 is 0. The van der Waals surface area contributed by atoms with E-state index in [9.17, 15) is 0 Å². The molecule has 1 atom stereocenters. The van der Waals surface area contributed by atoms with Crippen LogP contribution >= 0.6 is 0 Å². The summed E-state index contributed by atoms with van der Waals surface area (Å²) in [5.74, 6) is 0. The number of aliphatic imine (C=N–C) groups is 1. The van der Waals surface area contributed by atoms with Gasteiger partial charge in [-0.1, -0.05) is 20.3 Å². The third-order valence-electron chi connectivity index (χ3n) is 1.66. The van der Waals surface area contributed by atoms with Gasteiger partial charge < -0.3 is 0 Å². The van der Waals surface area contributed by atoms with Crippen molar-refractivity contribution in [1.82, 2.24) is 0 Å². The van der Waals surface area contributed by atoms with Gasteiger partial charge in [0, 0.05) is 11.8 Å². The van der Waals surface area contributed by atoms with Gasteiger partial charge in [-0.2, -0.15) is 0 Å². The van der Waals surface area contributed by atoms with Gasteiger partial charge in [0.25, 0.3) is 0 Å². The molecular weight excluding hydrogens is 122 g/mol. The minimum Gasteiger partial charge on any atom is -0.291 e.